The van der Waals surface area contributed by atoms with Crippen molar-refractivity contribution in [3.05, 3.63) is 111 Å². The van der Waals surface area contributed by atoms with Gasteiger partial charge >= 0.3 is 11.9 Å². The molecule has 0 aliphatic heterocycles. The Morgan fingerprint density at radius 3 is 2.61 bits per heavy atom. The van der Waals surface area contributed by atoms with Crippen LogP contribution in [0.5, 0.6) is 17.4 Å². The maximum atomic E-state index is 13.1. The van der Waals surface area contributed by atoms with E-state index in [0.717, 1.165) is 12.1 Å². The zero-order valence-corrected chi connectivity index (χ0v) is 19.1. The lowest BCUT2D eigenvalue weighted by Crippen LogP contribution is -2.23. The predicted octanol–water partition coefficient (Wildman–Crippen LogP) is 5.60. The van der Waals surface area contributed by atoms with E-state index in [-0.39, 0.29) is 36.1 Å². The van der Waals surface area contributed by atoms with E-state index in [2.05, 4.69) is 9.97 Å². The lowest BCUT2D eigenvalue weighted by Gasteiger charge is -2.13. The van der Waals surface area contributed by atoms with E-state index >= 15 is 0 Å². The molecular weight excluding hydrogens is 497 g/mol. The first-order valence-electron chi connectivity index (χ1n) is 10.4. The summed E-state index contributed by atoms with van der Waals surface area (Å²) in [5.41, 5.74) is -0.209. The van der Waals surface area contributed by atoms with E-state index in [1.54, 1.807) is 24.4 Å². The van der Waals surface area contributed by atoms with Gasteiger partial charge in [0.25, 0.3) is 0 Å². The quantitative estimate of drug-likeness (QED) is 0.320. The number of aromatic nitrogens is 3. The van der Waals surface area contributed by atoms with Crippen molar-refractivity contribution >= 4 is 11.6 Å². The molecule has 2 aromatic carbocycles. The first kappa shape index (κ1) is 24.8. The fraction of sp³-hybridized carbons (Fsp3) is 0.120. The van der Waals surface area contributed by atoms with Gasteiger partial charge in [-0.05, 0) is 48.0 Å². The summed E-state index contributed by atoms with van der Waals surface area (Å²) in [4.78, 5) is 20.4. The molecular formula is C25H16ClF3N4O3. The minimum absolute atomic E-state index is 0.00911. The second-order valence-electron chi connectivity index (χ2n) is 7.47. The summed E-state index contributed by atoms with van der Waals surface area (Å²) in [5, 5.41) is 9.03. The number of hydrogen-bond acceptors (Lipinski definition) is 6. The number of ether oxygens (including phenoxy) is 2. The van der Waals surface area contributed by atoms with E-state index < -0.39 is 22.5 Å². The highest BCUT2D eigenvalue weighted by molar-refractivity contribution is 6.31. The van der Waals surface area contributed by atoms with Crippen LogP contribution in [0.25, 0.3) is 0 Å². The lowest BCUT2D eigenvalue weighted by molar-refractivity contribution is -0.137. The highest BCUT2D eigenvalue weighted by Crippen LogP contribution is 2.38. The molecule has 0 aliphatic carbocycles. The summed E-state index contributed by atoms with van der Waals surface area (Å²) >= 11 is 5.63. The molecule has 0 fully saturated rings. The molecule has 0 saturated carbocycles. The van der Waals surface area contributed by atoms with Gasteiger partial charge in [-0.3, -0.25) is 9.55 Å². The molecule has 0 N–H and O–H groups in total. The molecule has 182 valence electrons. The van der Waals surface area contributed by atoms with Crippen LogP contribution < -0.4 is 15.2 Å². The number of pyridine rings is 1. The minimum Gasteiger partial charge on any atom is -0.473 e. The van der Waals surface area contributed by atoms with E-state index in [1.165, 1.54) is 35.0 Å². The largest absolute Gasteiger partial charge is 0.473 e. The number of benzene rings is 2. The van der Waals surface area contributed by atoms with E-state index in [4.69, 9.17) is 21.1 Å². The first-order valence-corrected chi connectivity index (χ1v) is 10.8. The van der Waals surface area contributed by atoms with Gasteiger partial charge in [0.05, 0.1) is 28.4 Å². The van der Waals surface area contributed by atoms with Crippen molar-refractivity contribution in [2.24, 2.45) is 0 Å². The highest BCUT2D eigenvalue weighted by Gasteiger charge is 2.33. The van der Waals surface area contributed by atoms with Gasteiger partial charge in [-0.25, -0.2) is 4.79 Å². The van der Waals surface area contributed by atoms with Crippen molar-refractivity contribution in [1.29, 1.82) is 5.26 Å². The summed E-state index contributed by atoms with van der Waals surface area (Å²) in [6.45, 7) is 0.253. The van der Waals surface area contributed by atoms with Crippen LogP contribution in [0.4, 0.5) is 13.2 Å². The van der Waals surface area contributed by atoms with Crippen molar-refractivity contribution in [2.75, 3.05) is 0 Å². The van der Waals surface area contributed by atoms with Crippen molar-refractivity contribution in [2.45, 2.75) is 19.3 Å². The number of nitrogens with zero attached hydrogens (tertiary/aromatic N) is 4. The van der Waals surface area contributed by atoms with Crippen LogP contribution in [0.3, 0.4) is 0 Å². The molecule has 0 unspecified atom stereocenters. The third-order valence-electron chi connectivity index (χ3n) is 4.93. The minimum atomic E-state index is -4.65. The number of hydrogen-bond donors (Lipinski definition) is 0. The summed E-state index contributed by atoms with van der Waals surface area (Å²) in [5.74, 6) is 0.0339. The van der Waals surface area contributed by atoms with E-state index in [0.29, 0.717) is 11.3 Å². The second kappa shape index (κ2) is 10.5. The Kier molecular flexibility index (Phi) is 7.22. The van der Waals surface area contributed by atoms with Gasteiger partial charge in [-0.2, -0.15) is 23.4 Å². The number of alkyl halides is 3. The van der Waals surface area contributed by atoms with E-state index in [9.17, 15) is 23.2 Å². The van der Waals surface area contributed by atoms with Crippen LogP contribution in [0.1, 0.15) is 22.4 Å². The number of rotatable bonds is 7. The Morgan fingerprint density at radius 1 is 1.08 bits per heavy atom. The smallest absolute Gasteiger partial charge is 0.417 e. The summed E-state index contributed by atoms with van der Waals surface area (Å²) < 4.78 is 51.8. The second-order valence-corrected chi connectivity index (χ2v) is 7.88. The summed E-state index contributed by atoms with van der Waals surface area (Å²) in [6.07, 6.45) is -1.48. The lowest BCUT2D eigenvalue weighted by atomic mass is 10.1. The van der Waals surface area contributed by atoms with E-state index in [1.807, 2.05) is 12.1 Å². The monoisotopic (exact) mass is 512 g/mol. The third kappa shape index (κ3) is 6.00. The molecule has 2 aromatic heterocycles. The molecule has 2 heterocycles. The summed E-state index contributed by atoms with van der Waals surface area (Å²) in [6, 6.07) is 16.5. The van der Waals surface area contributed by atoms with Crippen molar-refractivity contribution in [3.8, 4) is 23.4 Å². The topological polar surface area (TPSA) is 90.0 Å². The van der Waals surface area contributed by atoms with Crippen molar-refractivity contribution in [1.82, 2.24) is 14.5 Å². The van der Waals surface area contributed by atoms with Crippen LogP contribution in [0.15, 0.2) is 77.9 Å². The Bertz CT molecular complexity index is 1480. The molecule has 4 rings (SSSR count). The average Bonchev–Trinajstić information content (AvgIpc) is 2.86. The van der Waals surface area contributed by atoms with Gasteiger partial charge in [-0.15, -0.1) is 0 Å². The Labute approximate surface area is 208 Å². The molecule has 0 atom stereocenters. The van der Waals surface area contributed by atoms with Gasteiger partial charge in [-0.1, -0.05) is 23.7 Å². The molecule has 0 bridgehead atoms. The molecule has 0 saturated heterocycles. The predicted molar refractivity (Wildman–Crippen MR) is 124 cm³/mol. The average molecular weight is 513 g/mol. The standard InChI is InChI=1S/C25H16ClF3N4O3/c26-21-6-5-19(12-20(21)25(27,28)29)36-22-7-4-16(11-17(22)13-30)15-35-23-8-10-33(24(34)32-23)14-18-3-1-2-9-31-18/h1-12H,14-15H2. The molecule has 36 heavy (non-hydrogen) atoms. The molecule has 0 radical (unpaired) electrons. The number of nitriles is 1. The molecule has 4 aromatic rings. The van der Waals surface area contributed by atoms with Crippen LogP contribution >= 0.6 is 11.6 Å². The molecule has 7 nitrogen and oxygen atoms in total. The molecule has 0 amide bonds. The number of halogens is 4. The zero-order valence-electron chi connectivity index (χ0n) is 18.4. The SMILES string of the molecule is N#Cc1cc(COc2ccn(Cc3ccccn3)c(=O)n2)ccc1Oc1ccc(Cl)c(C(F)(F)F)c1. The van der Waals surface area contributed by atoms with Crippen molar-refractivity contribution in [3.63, 3.8) is 0 Å². The zero-order chi connectivity index (χ0) is 25.7. The summed E-state index contributed by atoms with van der Waals surface area (Å²) in [7, 11) is 0. The van der Waals surface area contributed by atoms with Crippen LogP contribution in [-0.2, 0) is 19.3 Å². The van der Waals surface area contributed by atoms with Gasteiger partial charge in [0.1, 0.15) is 24.2 Å². The Balaban J connectivity index is 1.45. The molecule has 11 heteroatoms. The van der Waals surface area contributed by atoms with Crippen LogP contribution in [0.2, 0.25) is 5.02 Å². The fourth-order valence-electron chi connectivity index (χ4n) is 3.19. The van der Waals surface area contributed by atoms with Crippen LogP contribution in [0, 0.1) is 11.3 Å². The Morgan fingerprint density at radius 2 is 1.92 bits per heavy atom. The van der Waals surface area contributed by atoms with Crippen molar-refractivity contribution < 1.29 is 22.6 Å². The molecule has 0 aliphatic rings. The Hall–Kier alpha value is -4.36. The maximum Gasteiger partial charge on any atom is 0.417 e. The molecule has 0 spiro atoms. The van der Waals surface area contributed by atoms with Gasteiger partial charge in [0.2, 0.25) is 5.88 Å². The third-order valence-corrected chi connectivity index (χ3v) is 5.26. The van der Waals surface area contributed by atoms with Gasteiger partial charge in [0, 0.05) is 18.5 Å². The van der Waals surface area contributed by atoms with Gasteiger partial charge < -0.3 is 9.47 Å². The maximum absolute atomic E-state index is 13.1. The highest BCUT2D eigenvalue weighted by atomic mass is 35.5. The van der Waals surface area contributed by atoms with Gasteiger partial charge in [0.15, 0.2) is 0 Å². The van der Waals surface area contributed by atoms with Crippen LogP contribution in [-0.4, -0.2) is 14.5 Å². The first-order chi connectivity index (χ1) is 17.2. The fourth-order valence-corrected chi connectivity index (χ4v) is 3.42. The normalized spacial score (nSPS) is 11.1.